The summed E-state index contributed by atoms with van der Waals surface area (Å²) in [7, 11) is 0. The van der Waals surface area contributed by atoms with Crippen LogP contribution in [0.1, 0.15) is 11.1 Å². The quantitative estimate of drug-likeness (QED) is 0.318. The summed E-state index contributed by atoms with van der Waals surface area (Å²) < 4.78 is 13.0. The molecule has 4 aromatic rings. The van der Waals surface area contributed by atoms with Gasteiger partial charge in [0.25, 0.3) is 0 Å². The highest BCUT2D eigenvalue weighted by Crippen LogP contribution is 2.32. The van der Waals surface area contributed by atoms with E-state index in [2.05, 4.69) is 20.9 Å². The number of benzene rings is 3. The lowest BCUT2D eigenvalue weighted by molar-refractivity contribution is 0.268. The molecule has 3 nitrogen and oxygen atoms in total. The van der Waals surface area contributed by atoms with Crippen LogP contribution in [0.15, 0.2) is 102 Å². The lowest BCUT2D eigenvalue weighted by Gasteiger charge is -2.13. The molecule has 0 saturated heterocycles. The van der Waals surface area contributed by atoms with E-state index in [0.717, 1.165) is 26.7 Å². The molecule has 0 aliphatic carbocycles. The Morgan fingerprint density at radius 2 is 1.21 bits per heavy atom. The van der Waals surface area contributed by atoms with E-state index in [1.165, 1.54) is 0 Å². The third-order valence-corrected chi connectivity index (χ3v) is 4.97. The van der Waals surface area contributed by atoms with Crippen LogP contribution in [-0.4, -0.2) is 4.98 Å². The lowest BCUT2D eigenvalue weighted by Crippen LogP contribution is -2.02. The van der Waals surface area contributed by atoms with E-state index in [1.807, 2.05) is 97.1 Å². The molecule has 0 saturated carbocycles. The molecule has 0 radical (unpaired) electrons. The van der Waals surface area contributed by atoms with Gasteiger partial charge in [-0.05, 0) is 34.9 Å². The van der Waals surface area contributed by atoms with Crippen molar-refractivity contribution >= 4 is 15.9 Å². The first-order valence-electron chi connectivity index (χ1n) is 9.38. The highest BCUT2D eigenvalue weighted by Gasteiger charge is 2.11. The zero-order valence-electron chi connectivity index (χ0n) is 15.8. The van der Waals surface area contributed by atoms with Crippen LogP contribution in [0.2, 0.25) is 0 Å². The van der Waals surface area contributed by atoms with Crippen LogP contribution in [0.5, 0.6) is 11.8 Å². The van der Waals surface area contributed by atoms with Crippen molar-refractivity contribution in [1.29, 1.82) is 0 Å². The number of aromatic nitrogens is 1. The minimum atomic E-state index is 0.444. The Morgan fingerprint density at radius 3 is 1.83 bits per heavy atom. The van der Waals surface area contributed by atoms with Gasteiger partial charge in [-0.15, -0.1) is 0 Å². The molecule has 29 heavy (non-hydrogen) atoms. The van der Waals surface area contributed by atoms with E-state index in [0.29, 0.717) is 25.0 Å². The molecular formula is C25H20BrNO2. The summed E-state index contributed by atoms with van der Waals surface area (Å²) in [6.07, 6.45) is 0. The van der Waals surface area contributed by atoms with Crippen LogP contribution in [0, 0.1) is 0 Å². The summed E-state index contributed by atoms with van der Waals surface area (Å²) in [6.45, 7) is 0.906. The van der Waals surface area contributed by atoms with Gasteiger partial charge in [0.05, 0.1) is 0 Å². The van der Waals surface area contributed by atoms with Crippen molar-refractivity contribution in [3.8, 4) is 22.9 Å². The molecule has 0 atom stereocenters. The summed E-state index contributed by atoms with van der Waals surface area (Å²) in [6, 6.07) is 32.1. The molecular weight excluding hydrogens is 426 g/mol. The Morgan fingerprint density at radius 1 is 0.621 bits per heavy atom. The monoisotopic (exact) mass is 445 g/mol. The number of hydrogen-bond donors (Lipinski definition) is 0. The predicted octanol–water partition coefficient (Wildman–Crippen LogP) is 6.67. The third kappa shape index (κ3) is 5.24. The maximum atomic E-state index is 6.10. The average molecular weight is 446 g/mol. The van der Waals surface area contributed by atoms with Gasteiger partial charge in [0.1, 0.15) is 13.2 Å². The summed E-state index contributed by atoms with van der Waals surface area (Å²) in [5.74, 6) is 1.10. The topological polar surface area (TPSA) is 31.4 Å². The summed E-state index contributed by atoms with van der Waals surface area (Å²) >= 11 is 3.49. The Kier molecular flexibility index (Phi) is 6.22. The molecule has 4 heteroatoms. The van der Waals surface area contributed by atoms with Crippen molar-refractivity contribution in [3.05, 3.63) is 113 Å². The van der Waals surface area contributed by atoms with Gasteiger partial charge in [-0.3, -0.25) is 0 Å². The van der Waals surface area contributed by atoms with E-state index < -0.39 is 0 Å². The third-order valence-electron chi connectivity index (χ3n) is 4.44. The molecule has 0 N–H and O–H groups in total. The van der Waals surface area contributed by atoms with Crippen LogP contribution < -0.4 is 9.47 Å². The number of halogens is 1. The maximum absolute atomic E-state index is 6.10. The molecule has 0 aliphatic rings. The van der Waals surface area contributed by atoms with Crippen LogP contribution >= 0.6 is 15.9 Å². The van der Waals surface area contributed by atoms with Crippen molar-refractivity contribution < 1.29 is 9.47 Å². The second-order valence-corrected chi connectivity index (χ2v) is 7.47. The summed E-state index contributed by atoms with van der Waals surface area (Å²) in [4.78, 5) is 4.65. The molecule has 1 aromatic heterocycles. The van der Waals surface area contributed by atoms with Crippen molar-refractivity contribution in [2.75, 3.05) is 0 Å². The van der Waals surface area contributed by atoms with E-state index in [4.69, 9.17) is 9.47 Å². The largest absolute Gasteiger partial charge is 0.473 e. The number of hydrogen-bond acceptors (Lipinski definition) is 3. The van der Waals surface area contributed by atoms with E-state index in [-0.39, 0.29) is 0 Å². The molecule has 0 amide bonds. The van der Waals surface area contributed by atoms with E-state index >= 15 is 0 Å². The standard InChI is InChI=1S/C25H20BrNO2/c26-22-13-11-21(12-14-22)23-15-16-24(28-17-19-7-3-1-4-8-19)27-25(23)29-18-20-9-5-2-6-10-20/h1-16H,17-18H2. The van der Waals surface area contributed by atoms with E-state index in [9.17, 15) is 0 Å². The van der Waals surface area contributed by atoms with Gasteiger partial charge in [0.15, 0.2) is 0 Å². The molecule has 3 aromatic carbocycles. The average Bonchev–Trinajstić information content (AvgIpc) is 2.78. The molecule has 0 unspecified atom stereocenters. The predicted molar refractivity (Wildman–Crippen MR) is 119 cm³/mol. The highest BCUT2D eigenvalue weighted by molar-refractivity contribution is 9.10. The fraction of sp³-hybridized carbons (Fsp3) is 0.0800. The van der Waals surface area contributed by atoms with Gasteiger partial charge >= 0.3 is 0 Å². The molecule has 4 rings (SSSR count). The Bertz CT molecular complexity index is 1050. The van der Waals surface area contributed by atoms with Crippen LogP contribution in [-0.2, 0) is 13.2 Å². The minimum absolute atomic E-state index is 0.444. The first kappa shape index (κ1) is 19.2. The number of pyridine rings is 1. The highest BCUT2D eigenvalue weighted by atomic mass is 79.9. The first-order chi connectivity index (χ1) is 14.3. The number of nitrogens with zero attached hydrogens (tertiary/aromatic N) is 1. The van der Waals surface area contributed by atoms with Gasteiger partial charge in [-0.2, -0.15) is 4.98 Å². The normalized spacial score (nSPS) is 10.5. The van der Waals surface area contributed by atoms with Gasteiger partial charge in [0, 0.05) is 16.1 Å². The van der Waals surface area contributed by atoms with Crippen molar-refractivity contribution in [1.82, 2.24) is 4.98 Å². The fourth-order valence-electron chi connectivity index (χ4n) is 2.92. The molecule has 0 aliphatic heterocycles. The Balaban J connectivity index is 1.58. The first-order valence-corrected chi connectivity index (χ1v) is 10.2. The maximum Gasteiger partial charge on any atom is 0.225 e. The van der Waals surface area contributed by atoms with Gasteiger partial charge < -0.3 is 9.47 Å². The molecule has 0 fully saturated rings. The van der Waals surface area contributed by atoms with Crippen molar-refractivity contribution in [2.24, 2.45) is 0 Å². The van der Waals surface area contributed by atoms with E-state index in [1.54, 1.807) is 0 Å². The Hall–Kier alpha value is -3.11. The smallest absolute Gasteiger partial charge is 0.225 e. The van der Waals surface area contributed by atoms with Gasteiger partial charge in [-0.1, -0.05) is 88.7 Å². The molecule has 0 spiro atoms. The second kappa shape index (κ2) is 9.39. The molecule has 0 bridgehead atoms. The van der Waals surface area contributed by atoms with Crippen LogP contribution in [0.4, 0.5) is 0 Å². The Labute approximate surface area is 179 Å². The van der Waals surface area contributed by atoms with Crippen molar-refractivity contribution in [2.45, 2.75) is 13.2 Å². The summed E-state index contributed by atoms with van der Waals surface area (Å²) in [5.41, 5.74) is 4.16. The zero-order chi connectivity index (χ0) is 19.9. The summed E-state index contributed by atoms with van der Waals surface area (Å²) in [5, 5.41) is 0. The van der Waals surface area contributed by atoms with Crippen LogP contribution in [0.25, 0.3) is 11.1 Å². The second-order valence-electron chi connectivity index (χ2n) is 6.56. The van der Waals surface area contributed by atoms with Gasteiger partial charge in [0.2, 0.25) is 11.8 Å². The van der Waals surface area contributed by atoms with Crippen molar-refractivity contribution in [3.63, 3.8) is 0 Å². The lowest BCUT2D eigenvalue weighted by atomic mass is 10.1. The van der Waals surface area contributed by atoms with Crippen LogP contribution in [0.3, 0.4) is 0 Å². The molecule has 1 heterocycles. The van der Waals surface area contributed by atoms with Gasteiger partial charge in [-0.25, -0.2) is 0 Å². The fourth-order valence-corrected chi connectivity index (χ4v) is 3.18. The SMILES string of the molecule is Brc1ccc(-c2ccc(OCc3ccccc3)nc2OCc2ccccc2)cc1. The zero-order valence-corrected chi connectivity index (χ0v) is 17.4. The number of ether oxygens (including phenoxy) is 2. The molecule has 144 valence electrons. The number of rotatable bonds is 7. The minimum Gasteiger partial charge on any atom is -0.473 e.